The average Bonchev–Trinajstić information content (AvgIpc) is 2.84. The van der Waals surface area contributed by atoms with Crippen LogP contribution in [0.4, 0.5) is 0 Å². The number of nitrogens with one attached hydrogen (secondary N) is 1. The van der Waals surface area contributed by atoms with Crippen molar-refractivity contribution in [1.29, 1.82) is 0 Å². The monoisotopic (exact) mass is 331 g/mol. The molecule has 0 spiro atoms. The molecule has 0 aromatic rings. The van der Waals surface area contributed by atoms with E-state index in [2.05, 4.69) is 25.2 Å². The number of hydrogen-bond acceptors (Lipinski definition) is 3. The van der Waals surface area contributed by atoms with Gasteiger partial charge in [0.1, 0.15) is 6.10 Å². The Morgan fingerprint density at radius 1 is 1.21 bits per heavy atom. The minimum Gasteiger partial charge on any atom is -0.462 e. The quantitative estimate of drug-likeness (QED) is 0.747. The molecule has 3 fully saturated rings. The van der Waals surface area contributed by atoms with Crippen LogP contribution in [0, 0.1) is 28.6 Å². The molecule has 1 heterocycles. The van der Waals surface area contributed by atoms with Gasteiger partial charge in [-0.1, -0.05) is 19.9 Å². The van der Waals surface area contributed by atoms with Crippen molar-refractivity contribution in [2.24, 2.45) is 28.6 Å². The maximum Gasteiger partial charge on any atom is 0.302 e. The van der Waals surface area contributed by atoms with Crippen LogP contribution >= 0.6 is 0 Å². The molecule has 1 saturated heterocycles. The number of carbonyl (C=O) groups excluding carboxylic acids is 2. The van der Waals surface area contributed by atoms with Gasteiger partial charge >= 0.3 is 5.97 Å². The zero-order valence-corrected chi connectivity index (χ0v) is 15.1. The van der Waals surface area contributed by atoms with E-state index in [1.807, 2.05) is 0 Å². The topological polar surface area (TPSA) is 55.4 Å². The third-order valence-corrected chi connectivity index (χ3v) is 7.83. The van der Waals surface area contributed by atoms with Gasteiger partial charge in [-0.05, 0) is 56.3 Å². The number of esters is 1. The molecular weight excluding hydrogens is 302 g/mol. The summed E-state index contributed by atoms with van der Waals surface area (Å²) >= 11 is 0. The molecule has 4 rings (SSSR count). The van der Waals surface area contributed by atoms with Crippen molar-refractivity contribution in [3.05, 3.63) is 11.8 Å². The Kier molecular flexibility index (Phi) is 3.59. The van der Waals surface area contributed by atoms with Crippen LogP contribution in [0.5, 0.6) is 0 Å². The van der Waals surface area contributed by atoms with Crippen LogP contribution in [0.2, 0.25) is 0 Å². The summed E-state index contributed by atoms with van der Waals surface area (Å²) in [7, 11) is 0. The van der Waals surface area contributed by atoms with Crippen LogP contribution in [0.25, 0.3) is 0 Å². The van der Waals surface area contributed by atoms with Crippen molar-refractivity contribution in [1.82, 2.24) is 5.32 Å². The summed E-state index contributed by atoms with van der Waals surface area (Å²) in [6.07, 6.45) is 9.55. The Bertz CT molecular complexity index is 612. The lowest BCUT2D eigenvalue weighted by Crippen LogP contribution is -2.54. The Balaban J connectivity index is 1.63. The maximum absolute atomic E-state index is 11.8. The molecule has 0 radical (unpaired) electrons. The van der Waals surface area contributed by atoms with Gasteiger partial charge in [-0.15, -0.1) is 0 Å². The molecule has 6 atom stereocenters. The largest absolute Gasteiger partial charge is 0.462 e. The van der Waals surface area contributed by atoms with E-state index in [0.717, 1.165) is 25.7 Å². The van der Waals surface area contributed by atoms with E-state index < -0.39 is 0 Å². The van der Waals surface area contributed by atoms with Gasteiger partial charge in [0.05, 0.1) is 0 Å². The molecule has 132 valence electrons. The van der Waals surface area contributed by atoms with Gasteiger partial charge in [-0.25, -0.2) is 0 Å². The number of piperidine rings is 1. The second-order valence-corrected chi connectivity index (χ2v) is 8.92. The van der Waals surface area contributed by atoms with Gasteiger partial charge in [-0.3, -0.25) is 9.59 Å². The van der Waals surface area contributed by atoms with Crippen molar-refractivity contribution in [3.63, 3.8) is 0 Å². The number of rotatable bonds is 1. The Morgan fingerprint density at radius 3 is 2.75 bits per heavy atom. The summed E-state index contributed by atoms with van der Waals surface area (Å²) in [5.74, 6) is 1.97. The Hall–Kier alpha value is -1.32. The molecule has 1 amide bonds. The van der Waals surface area contributed by atoms with E-state index in [0.29, 0.717) is 24.2 Å². The van der Waals surface area contributed by atoms with Gasteiger partial charge in [-0.2, -0.15) is 0 Å². The molecule has 1 N–H and O–H groups in total. The zero-order chi connectivity index (χ0) is 17.1. The fourth-order valence-corrected chi connectivity index (χ4v) is 6.54. The lowest BCUT2D eigenvalue weighted by molar-refractivity contribution is -0.156. The molecule has 0 bridgehead atoms. The van der Waals surface area contributed by atoms with E-state index >= 15 is 0 Å². The Labute approximate surface area is 144 Å². The molecule has 1 unspecified atom stereocenters. The molecule has 24 heavy (non-hydrogen) atoms. The van der Waals surface area contributed by atoms with Gasteiger partial charge < -0.3 is 10.1 Å². The molecule has 2 saturated carbocycles. The van der Waals surface area contributed by atoms with Crippen molar-refractivity contribution < 1.29 is 14.3 Å². The van der Waals surface area contributed by atoms with E-state index in [1.54, 1.807) is 0 Å². The first-order valence-electron chi connectivity index (χ1n) is 9.52. The minimum atomic E-state index is -0.142. The maximum atomic E-state index is 11.8. The summed E-state index contributed by atoms with van der Waals surface area (Å²) < 4.78 is 5.70. The van der Waals surface area contributed by atoms with Crippen molar-refractivity contribution in [2.45, 2.75) is 71.8 Å². The molecule has 4 nitrogen and oxygen atoms in total. The second kappa shape index (κ2) is 5.34. The molecule has 0 aromatic carbocycles. The molecule has 0 aromatic heterocycles. The van der Waals surface area contributed by atoms with Crippen molar-refractivity contribution in [3.8, 4) is 0 Å². The predicted molar refractivity (Wildman–Crippen MR) is 90.8 cm³/mol. The number of amides is 1. The summed E-state index contributed by atoms with van der Waals surface area (Å²) in [6, 6.07) is 0. The average molecular weight is 331 g/mol. The highest BCUT2D eigenvalue weighted by molar-refractivity contribution is 5.79. The SMILES string of the molecule is CC(=O)OC1CC[C@H]2[C@@H]3CC=C4NC(=O)CC[C@]4(C)[C@@H]3CC[C@]12C. The first-order valence-corrected chi connectivity index (χ1v) is 9.52. The molecule has 4 heteroatoms. The lowest BCUT2D eigenvalue weighted by atomic mass is 9.50. The van der Waals surface area contributed by atoms with Gasteiger partial charge in [0.15, 0.2) is 0 Å². The van der Waals surface area contributed by atoms with Crippen molar-refractivity contribution in [2.75, 3.05) is 0 Å². The number of hydrogen-bond donors (Lipinski definition) is 1. The van der Waals surface area contributed by atoms with E-state index in [4.69, 9.17) is 4.74 Å². The highest BCUT2D eigenvalue weighted by atomic mass is 16.5. The van der Waals surface area contributed by atoms with Crippen LogP contribution in [-0.2, 0) is 14.3 Å². The van der Waals surface area contributed by atoms with Crippen LogP contribution < -0.4 is 5.32 Å². The number of carbonyl (C=O) groups is 2. The third-order valence-electron chi connectivity index (χ3n) is 7.83. The highest BCUT2D eigenvalue weighted by Gasteiger charge is 2.59. The standard InChI is InChI=1S/C20H29NO3/c1-12(22)24-17-7-5-14-13-4-6-16-19(2,11-9-18(23)21-16)15(13)8-10-20(14,17)3/h6,13-15,17H,4-5,7-11H2,1-3H3,(H,21,23)/t13-,14-,15+,17?,19+,20-/m0/s1. The first kappa shape index (κ1) is 16.2. The van der Waals surface area contributed by atoms with Crippen molar-refractivity contribution >= 4 is 11.9 Å². The van der Waals surface area contributed by atoms with Gasteiger partial charge in [0.2, 0.25) is 5.91 Å². The predicted octanol–water partition coefficient (Wildman–Crippen LogP) is 3.56. The smallest absolute Gasteiger partial charge is 0.302 e. The highest BCUT2D eigenvalue weighted by Crippen LogP contribution is 2.64. The van der Waals surface area contributed by atoms with E-state index in [9.17, 15) is 9.59 Å². The third kappa shape index (κ3) is 2.18. The summed E-state index contributed by atoms with van der Waals surface area (Å²) in [6.45, 7) is 6.23. The lowest BCUT2D eigenvalue weighted by Gasteiger charge is -2.56. The molecular formula is C20H29NO3. The number of fused-ring (bicyclic) bond motifs is 5. The Morgan fingerprint density at radius 2 is 2.00 bits per heavy atom. The minimum absolute atomic E-state index is 0.0881. The molecule has 1 aliphatic heterocycles. The fourth-order valence-electron chi connectivity index (χ4n) is 6.54. The van der Waals surface area contributed by atoms with E-state index in [1.165, 1.54) is 25.5 Å². The second-order valence-electron chi connectivity index (χ2n) is 8.92. The van der Waals surface area contributed by atoms with Crippen LogP contribution in [-0.4, -0.2) is 18.0 Å². The zero-order valence-electron chi connectivity index (χ0n) is 15.1. The van der Waals surface area contributed by atoms with Crippen LogP contribution in [0.15, 0.2) is 11.8 Å². The summed E-state index contributed by atoms with van der Waals surface area (Å²) in [5.41, 5.74) is 1.43. The van der Waals surface area contributed by atoms with Gasteiger partial charge in [0.25, 0.3) is 0 Å². The first-order chi connectivity index (χ1) is 11.3. The fraction of sp³-hybridized carbons (Fsp3) is 0.800. The summed E-state index contributed by atoms with van der Waals surface area (Å²) in [5, 5.41) is 3.15. The molecule has 4 aliphatic rings. The van der Waals surface area contributed by atoms with Crippen LogP contribution in [0.1, 0.15) is 65.7 Å². The van der Waals surface area contributed by atoms with E-state index in [-0.39, 0.29) is 28.8 Å². The summed E-state index contributed by atoms with van der Waals surface area (Å²) in [4.78, 5) is 23.3. The van der Waals surface area contributed by atoms with Crippen LogP contribution in [0.3, 0.4) is 0 Å². The normalized spacial score (nSPS) is 47.0. The number of ether oxygens (including phenoxy) is 1. The van der Waals surface area contributed by atoms with Gasteiger partial charge in [0, 0.05) is 29.9 Å². The molecule has 3 aliphatic carbocycles. The number of allylic oxidation sites excluding steroid dienone is 2.